The first kappa shape index (κ1) is 21.4. The number of hydrogen-bond acceptors (Lipinski definition) is 7. The number of halogens is 1. The molecule has 1 aromatic heterocycles. The maximum Gasteiger partial charge on any atom is 0.233 e. The fourth-order valence-corrected chi connectivity index (χ4v) is 3.27. The molecular weight excluding hydrogens is 409 g/mol. The smallest absolute Gasteiger partial charge is 0.233 e. The Bertz CT molecular complexity index is 979. The minimum Gasteiger partial charge on any atom is -0.497 e. The van der Waals surface area contributed by atoms with E-state index in [1.54, 1.807) is 14.0 Å². The van der Waals surface area contributed by atoms with Crippen molar-refractivity contribution in [2.24, 2.45) is 0 Å². The van der Waals surface area contributed by atoms with Gasteiger partial charge in [-0.15, -0.1) is 10.2 Å². The van der Waals surface area contributed by atoms with E-state index in [1.807, 2.05) is 24.3 Å². The molecule has 2 aromatic carbocycles. The van der Waals surface area contributed by atoms with E-state index in [4.69, 9.17) is 15.3 Å². The molecule has 8 nitrogen and oxygen atoms in total. The maximum atomic E-state index is 12.9. The van der Waals surface area contributed by atoms with Crippen molar-refractivity contribution in [2.75, 3.05) is 13.0 Å². The molecule has 0 saturated carbocycles. The van der Waals surface area contributed by atoms with Crippen molar-refractivity contribution < 1.29 is 18.7 Å². The lowest BCUT2D eigenvalue weighted by atomic mass is 10.2. The Morgan fingerprint density at radius 3 is 2.50 bits per heavy atom. The molecule has 1 amide bonds. The number of rotatable bonds is 9. The molecule has 0 aliphatic heterocycles. The van der Waals surface area contributed by atoms with Crippen LogP contribution in [0.4, 0.5) is 4.39 Å². The average molecular weight is 431 g/mol. The van der Waals surface area contributed by atoms with Crippen LogP contribution in [0, 0.1) is 5.82 Å². The number of benzene rings is 2. The molecular formula is C20H22FN5O3S. The van der Waals surface area contributed by atoms with Gasteiger partial charge in [-0.3, -0.25) is 4.79 Å². The molecule has 3 aromatic rings. The van der Waals surface area contributed by atoms with Gasteiger partial charge in [0.2, 0.25) is 11.1 Å². The second-order valence-electron chi connectivity index (χ2n) is 6.34. The molecule has 3 N–H and O–H groups in total. The first-order valence-electron chi connectivity index (χ1n) is 9.11. The Balaban J connectivity index is 1.51. The zero-order chi connectivity index (χ0) is 21.5. The number of amides is 1. The summed E-state index contributed by atoms with van der Waals surface area (Å²) in [7, 11) is 1.60. The predicted octanol–water partition coefficient (Wildman–Crippen LogP) is 2.52. The number of hydrogen-bond donors (Lipinski definition) is 2. The average Bonchev–Trinajstić information content (AvgIpc) is 3.11. The summed E-state index contributed by atoms with van der Waals surface area (Å²) < 4.78 is 24.9. The molecule has 0 aliphatic rings. The number of carbonyl (C=O) groups excluding carboxylic acids is 1. The van der Waals surface area contributed by atoms with Crippen molar-refractivity contribution >= 4 is 17.7 Å². The Hall–Kier alpha value is -3.27. The zero-order valence-electron chi connectivity index (χ0n) is 16.5. The van der Waals surface area contributed by atoms with E-state index < -0.39 is 5.25 Å². The first-order valence-corrected chi connectivity index (χ1v) is 9.99. The molecule has 0 bridgehead atoms. The third-order valence-electron chi connectivity index (χ3n) is 4.19. The molecule has 0 fully saturated rings. The van der Waals surface area contributed by atoms with E-state index in [0.29, 0.717) is 23.3 Å². The summed E-state index contributed by atoms with van der Waals surface area (Å²) in [6, 6.07) is 13.1. The van der Waals surface area contributed by atoms with Gasteiger partial charge in [-0.25, -0.2) is 9.07 Å². The van der Waals surface area contributed by atoms with Crippen LogP contribution in [-0.2, 0) is 17.9 Å². The maximum absolute atomic E-state index is 12.9. The number of methoxy groups -OCH3 is 1. The summed E-state index contributed by atoms with van der Waals surface area (Å²) >= 11 is 1.19. The summed E-state index contributed by atoms with van der Waals surface area (Å²) in [4.78, 5) is 12.4. The second kappa shape index (κ2) is 9.97. The number of nitrogens with one attached hydrogen (secondary N) is 1. The molecule has 0 radical (unpaired) electrons. The molecule has 0 saturated heterocycles. The Morgan fingerprint density at radius 1 is 1.17 bits per heavy atom. The lowest BCUT2D eigenvalue weighted by Crippen LogP contribution is -2.31. The Labute approximate surface area is 177 Å². The van der Waals surface area contributed by atoms with Crippen LogP contribution in [0.1, 0.15) is 18.3 Å². The van der Waals surface area contributed by atoms with Crippen LogP contribution < -0.4 is 20.6 Å². The molecule has 10 heteroatoms. The summed E-state index contributed by atoms with van der Waals surface area (Å²) in [5, 5.41) is 10.9. The first-order chi connectivity index (χ1) is 14.5. The van der Waals surface area contributed by atoms with Crippen molar-refractivity contribution in [3.05, 3.63) is 65.7 Å². The normalized spacial score (nSPS) is 11.7. The van der Waals surface area contributed by atoms with Crippen molar-refractivity contribution in [3.8, 4) is 11.5 Å². The summed E-state index contributed by atoms with van der Waals surface area (Å²) in [6.07, 6.45) is 0. The van der Waals surface area contributed by atoms with E-state index >= 15 is 0 Å². The highest BCUT2D eigenvalue weighted by molar-refractivity contribution is 8.00. The number of nitrogen functional groups attached to an aromatic ring is 1. The van der Waals surface area contributed by atoms with Gasteiger partial charge in [-0.2, -0.15) is 0 Å². The van der Waals surface area contributed by atoms with Gasteiger partial charge in [-0.05, 0) is 48.9 Å². The van der Waals surface area contributed by atoms with E-state index in [2.05, 4.69) is 15.5 Å². The van der Waals surface area contributed by atoms with Crippen molar-refractivity contribution in [1.82, 2.24) is 20.2 Å². The largest absolute Gasteiger partial charge is 0.497 e. The zero-order valence-corrected chi connectivity index (χ0v) is 17.4. The van der Waals surface area contributed by atoms with Crippen LogP contribution in [0.15, 0.2) is 53.7 Å². The molecule has 158 valence electrons. The van der Waals surface area contributed by atoms with Crippen molar-refractivity contribution in [2.45, 2.75) is 30.5 Å². The SMILES string of the molecule is COc1ccc(CNC(=O)C(C)Sc2nnc(COc3ccc(F)cc3)n2N)cc1. The topological polar surface area (TPSA) is 104 Å². The monoisotopic (exact) mass is 431 g/mol. The van der Waals surface area contributed by atoms with Gasteiger partial charge in [-0.1, -0.05) is 23.9 Å². The number of thioether (sulfide) groups is 1. The van der Waals surface area contributed by atoms with Gasteiger partial charge in [0.1, 0.15) is 23.9 Å². The van der Waals surface area contributed by atoms with E-state index in [9.17, 15) is 9.18 Å². The fraction of sp³-hybridized carbons (Fsp3) is 0.250. The predicted molar refractivity (Wildman–Crippen MR) is 111 cm³/mol. The van der Waals surface area contributed by atoms with Gasteiger partial charge in [0.25, 0.3) is 0 Å². The number of nitrogens with zero attached hydrogens (tertiary/aromatic N) is 3. The summed E-state index contributed by atoms with van der Waals surface area (Å²) in [5.74, 6) is 7.15. The third kappa shape index (κ3) is 5.63. The third-order valence-corrected chi connectivity index (χ3v) is 5.25. The molecule has 3 rings (SSSR count). The molecule has 30 heavy (non-hydrogen) atoms. The van der Waals surface area contributed by atoms with Gasteiger partial charge < -0.3 is 20.6 Å². The molecule has 1 unspecified atom stereocenters. The lowest BCUT2D eigenvalue weighted by molar-refractivity contribution is -0.120. The molecule has 1 atom stereocenters. The number of carbonyl (C=O) groups is 1. The highest BCUT2D eigenvalue weighted by atomic mass is 32.2. The lowest BCUT2D eigenvalue weighted by Gasteiger charge is -2.12. The van der Waals surface area contributed by atoms with Crippen LogP contribution in [0.3, 0.4) is 0 Å². The summed E-state index contributed by atoms with van der Waals surface area (Å²) in [6.45, 7) is 2.23. The Morgan fingerprint density at radius 2 is 1.83 bits per heavy atom. The number of aromatic nitrogens is 3. The van der Waals surface area contributed by atoms with Crippen LogP contribution in [0.5, 0.6) is 11.5 Å². The fourth-order valence-electron chi connectivity index (χ4n) is 2.45. The van der Waals surface area contributed by atoms with E-state index in [-0.39, 0.29) is 18.3 Å². The Kier molecular flexibility index (Phi) is 7.12. The van der Waals surface area contributed by atoms with Crippen LogP contribution in [0.2, 0.25) is 0 Å². The van der Waals surface area contributed by atoms with Gasteiger partial charge in [0.05, 0.1) is 12.4 Å². The van der Waals surface area contributed by atoms with Gasteiger partial charge in [0.15, 0.2) is 5.82 Å². The van der Waals surface area contributed by atoms with Crippen molar-refractivity contribution in [3.63, 3.8) is 0 Å². The minimum atomic E-state index is -0.430. The van der Waals surface area contributed by atoms with Gasteiger partial charge >= 0.3 is 0 Å². The number of ether oxygens (including phenoxy) is 2. The van der Waals surface area contributed by atoms with Gasteiger partial charge in [0, 0.05) is 6.54 Å². The van der Waals surface area contributed by atoms with Crippen LogP contribution >= 0.6 is 11.8 Å². The summed E-state index contributed by atoms with van der Waals surface area (Å²) in [5.41, 5.74) is 0.962. The molecule has 1 heterocycles. The highest BCUT2D eigenvalue weighted by Crippen LogP contribution is 2.21. The molecule has 0 spiro atoms. The standard InChI is InChI=1S/C20H22FN5O3S/c1-13(19(27)23-11-14-3-7-16(28-2)8-4-14)30-20-25-24-18(26(20)22)12-29-17-9-5-15(21)6-10-17/h3-10,13H,11-12,22H2,1-2H3,(H,23,27). The highest BCUT2D eigenvalue weighted by Gasteiger charge is 2.19. The molecule has 0 aliphatic carbocycles. The van der Waals surface area contributed by atoms with Crippen LogP contribution in [-0.4, -0.2) is 33.1 Å². The van der Waals surface area contributed by atoms with Crippen molar-refractivity contribution in [1.29, 1.82) is 0 Å². The van der Waals surface area contributed by atoms with E-state index in [0.717, 1.165) is 11.3 Å². The number of nitrogens with two attached hydrogens (primary N) is 1. The van der Waals surface area contributed by atoms with Crippen LogP contribution in [0.25, 0.3) is 0 Å². The quantitative estimate of drug-likeness (QED) is 0.396. The van der Waals surface area contributed by atoms with E-state index in [1.165, 1.54) is 40.7 Å². The second-order valence-corrected chi connectivity index (χ2v) is 7.65. The minimum absolute atomic E-state index is 0.0632.